The van der Waals surface area contributed by atoms with E-state index < -0.39 is 0 Å². The average Bonchev–Trinajstić information content (AvgIpc) is 3.08. The van der Waals surface area contributed by atoms with Gasteiger partial charge >= 0.3 is 0 Å². The molecule has 7 heteroatoms. The van der Waals surface area contributed by atoms with Gasteiger partial charge in [-0.1, -0.05) is 6.42 Å². The van der Waals surface area contributed by atoms with Crippen LogP contribution in [0.1, 0.15) is 48.7 Å². The molecule has 0 bridgehead atoms. The Kier molecular flexibility index (Phi) is 6.57. The molecule has 30 heavy (non-hydrogen) atoms. The Morgan fingerprint density at radius 1 is 1.20 bits per heavy atom. The summed E-state index contributed by atoms with van der Waals surface area (Å²) in [7, 11) is 1.87. The van der Waals surface area contributed by atoms with E-state index in [1.54, 1.807) is 23.4 Å². The van der Waals surface area contributed by atoms with Gasteiger partial charge in [0.05, 0.1) is 12.2 Å². The van der Waals surface area contributed by atoms with Crippen LogP contribution in [0.5, 0.6) is 0 Å². The summed E-state index contributed by atoms with van der Waals surface area (Å²) >= 11 is 0. The minimum Gasteiger partial charge on any atom is -0.344 e. The number of fused-ring (bicyclic) bond motifs is 1. The van der Waals surface area contributed by atoms with E-state index in [4.69, 9.17) is 4.98 Å². The number of hydrogen-bond acceptors (Lipinski definition) is 5. The summed E-state index contributed by atoms with van der Waals surface area (Å²) in [5.74, 6) is 1.32. The fourth-order valence-electron chi connectivity index (χ4n) is 4.44. The number of carbonyl (C=O) groups excluding carboxylic acids is 1. The van der Waals surface area contributed by atoms with Gasteiger partial charge in [-0.2, -0.15) is 0 Å². The molecule has 4 heterocycles. The van der Waals surface area contributed by atoms with Crippen LogP contribution < -0.4 is 5.56 Å². The first kappa shape index (κ1) is 20.7. The summed E-state index contributed by atoms with van der Waals surface area (Å²) in [4.78, 5) is 38.1. The molecule has 4 rings (SSSR count). The van der Waals surface area contributed by atoms with Gasteiger partial charge in [0.15, 0.2) is 0 Å². The molecule has 1 fully saturated rings. The molecule has 2 aromatic heterocycles. The van der Waals surface area contributed by atoms with Gasteiger partial charge in [-0.25, -0.2) is 4.98 Å². The SMILES string of the molecule is CN(CCc1ccncc1)C(=O)CN1CCC(c2cc(=O)n3c(n2)CCCCC3)C1. The van der Waals surface area contributed by atoms with E-state index in [9.17, 15) is 9.59 Å². The van der Waals surface area contributed by atoms with E-state index in [2.05, 4.69) is 9.88 Å². The number of likely N-dealkylation sites (N-methyl/N-ethyl adjacent to an activating group) is 1. The zero-order valence-corrected chi connectivity index (χ0v) is 17.8. The van der Waals surface area contributed by atoms with Gasteiger partial charge in [-0.15, -0.1) is 0 Å². The van der Waals surface area contributed by atoms with Crippen LogP contribution in [0.15, 0.2) is 35.4 Å². The molecule has 0 radical (unpaired) electrons. The van der Waals surface area contributed by atoms with E-state index in [1.165, 1.54) is 5.56 Å². The third kappa shape index (κ3) is 4.95. The zero-order chi connectivity index (χ0) is 20.9. The third-order valence-electron chi connectivity index (χ3n) is 6.35. The van der Waals surface area contributed by atoms with Crippen LogP contribution >= 0.6 is 0 Å². The van der Waals surface area contributed by atoms with Gasteiger partial charge in [0.2, 0.25) is 5.91 Å². The molecule has 0 aromatic carbocycles. The first-order chi connectivity index (χ1) is 14.6. The smallest absolute Gasteiger partial charge is 0.253 e. The van der Waals surface area contributed by atoms with Crippen LogP contribution in [0, 0.1) is 0 Å². The summed E-state index contributed by atoms with van der Waals surface area (Å²) in [5, 5.41) is 0. The number of likely N-dealkylation sites (tertiary alicyclic amines) is 1. The topological polar surface area (TPSA) is 71.3 Å². The first-order valence-corrected chi connectivity index (χ1v) is 11.1. The molecular weight excluding hydrogens is 378 g/mol. The Balaban J connectivity index is 1.32. The minimum absolute atomic E-state index is 0.0854. The zero-order valence-electron chi connectivity index (χ0n) is 17.8. The van der Waals surface area contributed by atoms with Gasteiger partial charge in [-0.05, 0) is 49.9 Å². The maximum atomic E-state index is 12.7. The van der Waals surface area contributed by atoms with E-state index in [1.807, 2.05) is 23.7 Å². The Morgan fingerprint density at radius 2 is 2.03 bits per heavy atom. The summed E-state index contributed by atoms with van der Waals surface area (Å²) in [5.41, 5.74) is 2.18. The molecule has 1 saturated heterocycles. The van der Waals surface area contributed by atoms with Gasteiger partial charge in [-0.3, -0.25) is 24.0 Å². The van der Waals surface area contributed by atoms with E-state index in [0.717, 1.165) is 69.7 Å². The quantitative estimate of drug-likeness (QED) is 0.728. The second-order valence-corrected chi connectivity index (χ2v) is 8.54. The Hall–Kier alpha value is -2.54. The minimum atomic E-state index is 0.0854. The number of hydrogen-bond donors (Lipinski definition) is 0. The lowest BCUT2D eigenvalue weighted by Crippen LogP contribution is -2.38. The largest absolute Gasteiger partial charge is 0.344 e. The van der Waals surface area contributed by atoms with Crippen molar-refractivity contribution in [3.05, 3.63) is 58.0 Å². The van der Waals surface area contributed by atoms with Crippen LogP contribution in [0.4, 0.5) is 0 Å². The first-order valence-electron chi connectivity index (χ1n) is 11.1. The number of aryl methyl sites for hydroxylation is 1. The fraction of sp³-hybridized carbons (Fsp3) is 0.565. The van der Waals surface area contributed by atoms with E-state index in [0.29, 0.717) is 13.1 Å². The summed E-state index contributed by atoms with van der Waals surface area (Å²) < 4.78 is 1.85. The molecule has 0 N–H and O–H groups in total. The average molecular weight is 410 g/mol. The summed E-state index contributed by atoms with van der Waals surface area (Å²) in [6.45, 7) is 3.57. The lowest BCUT2D eigenvalue weighted by atomic mass is 10.0. The third-order valence-corrected chi connectivity index (χ3v) is 6.35. The van der Waals surface area contributed by atoms with Crippen molar-refractivity contribution in [2.75, 3.05) is 33.2 Å². The van der Waals surface area contributed by atoms with Crippen LogP contribution in [0.3, 0.4) is 0 Å². The molecule has 0 aliphatic carbocycles. The molecule has 2 aromatic rings. The van der Waals surface area contributed by atoms with Crippen molar-refractivity contribution in [3.8, 4) is 0 Å². The molecule has 0 saturated carbocycles. The van der Waals surface area contributed by atoms with Crippen LogP contribution in [0.2, 0.25) is 0 Å². The molecule has 2 aliphatic rings. The van der Waals surface area contributed by atoms with Crippen molar-refractivity contribution < 1.29 is 4.79 Å². The molecule has 7 nitrogen and oxygen atoms in total. The molecule has 0 spiro atoms. The maximum Gasteiger partial charge on any atom is 0.253 e. The maximum absolute atomic E-state index is 12.7. The number of carbonyl (C=O) groups is 1. The second kappa shape index (κ2) is 9.51. The molecule has 1 atom stereocenters. The van der Waals surface area contributed by atoms with Crippen LogP contribution in [0.25, 0.3) is 0 Å². The van der Waals surface area contributed by atoms with E-state index in [-0.39, 0.29) is 17.4 Å². The summed E-state index contributed by atoms with van der Waals surface area (Å²) in [6.07, 6.45) is 9.55. The summed E-state index contributed by atoms with van der Waals surface area (Å²) in [6, 6.07) is 5.70. The monoisotopic (exact) mass is 409 g/mol. The van der Waals surface area contributed by atoms with E-state index >= 15 is 0 Å². The lowest BCUT2D eigenvalue weighted by molar-refractivity contribution is -0.130. The van der Waals surface area contributed by atoms with Crippen LogP contribution in [-0.2, 0) is 24.2 Å². The molecule has 160 valence electrons. The highest BCUT2D eigenvalue weighted by Gasteiger charge is 2.28. The second-order valence-electron chi connectivity index (χ2n) is 8.54. The molecule has 2 aliphatic heterocycles. The normalized spacial score (nSPS) is 19.3. The van der Waals surface area contributed by atoms with Crippen molar-refractivity contribution >= 4 is 5.91 Å². The lowest BCUT2D eigenvalue weighted by Gasteiger charge is -2.22. The number of nitrogens with zero attached hydrogens (tertiary/aromatic N) is 5. The molecule has 1 amide bonds. The Labute approximate surface area is 177 Å². The number of rotatable bonds is 6. The number of aromatic nitrogens is 3. The highest BCUT2D eigenvalue weighted by atomic mass is 16.2. The van der Waals surface area contributed by atoms with Gasteiger partial charge in [0.1, 0.15) is 5.82 Å². The van der Waals surface area contributed by atoms with Gasteiger partial charge in [0, 0.05) is 57.5 Å². The Bertz CT molecular complexity index is 927. The Morgan fingerprint density at radius 3 is 2.87 bits per heavy atom. The van der Waals surface area contributed by atoms with Gasteiger partial charge < -0.3 is 4.90 Å². The van der Waals surface area contributed by atoms with Gasteiger partial charge in [0.25, 0.3) is 5.56 Å². The van der Waals surface area contributed by atoms with Crippen molar-refractivity contribution in [1.82, 2.24) is 24.3 Å². The van der Waals surface area contributed by atoms with Crippen molar-refractivity contribution in [3.63, 3.8) is 0 Å². The van der Waals surface area contributed by atoms with Crippen LogP contribution in [-0.4, -0.2) is 63.5 Å². The number of pyridine rings is 1. The highest BCUT2D eigenvalue weighted by molar-refractivity contribution is 5.78. The standard InChI is InChI=1S/C23H31N5O2/c1-26(13-8-18-6-10-24-11-7-18)23(30)17-27-14-9-19(16-27)20-15-22(29)28-12-4-2-3-5-21(28)25-20/h6-7,10-11,15,19H,2-5,8-9,12-14,16-17H2,1H3. The predicted octanol–water partition coefficient (Wildman–Crippen LogP) is 1.86. The molecular formula is C23H31N5O2. The molecule has 1 unspecified atom stereocenters. The fourth-order valence-corrected chi connectivity index (χ4v) is 4.44. The van der Waals surface area contributed by atoms with Crippen molar-refractivity contribution in [2.45, 2.75) is 51.0 Å². The number of amides is 1. The van der Waals surface area contributed by atoms with Crippen molar-refractivity contribution in [2.24, 2.45) is 0 Å². The predicted molar refractivity (Wildman–Crippen MR) is 115 cm³/mol. The highest BCUT2D eigenvalue weighted by Crippen LogP contribution is 2.26. The van der Waals surface area contributed by atoms with Crippen molar-refractivity contribution in [1.29, 1.82) is 0 Å².